The standard InChI is InChI=1S/C18H25FN2O2/c1-3-13(4-2)18(23)21-11-9-14(10-12-21)20-17(22)15-7-5-6-8-16(15)19/h5-8,13-14H,3-4,9-12H2,1-2H3,(H,20,22). The van der Waals surface area contributed by atoms with Gasteiger partial charge in [0.05, 0.1) is 5.56 Å². The highest BCUT2D eigenvalue weighted by Gasteiger charge is 2.27. The molecule has 23 heavy (non-hydrogen) atoms. The zero-order valence-electron chi connectivity index (χ0n) is 13.8. The van der Waals surface area contributed by atoms with Crippen molar-refractivity contribution in [3.63, 3.8) is 0 Å². The molecule has 0 aromatic heterocycles. The third-order valence-corrected chi connectivity index (χ3v) is 4.60. The second kappa shape index (κ2) is 8.09. The van der Waals surface area contributed by atoms with Crippen molar-refractivity contribution in [2.75, 3.05) is 13.1 Å². The van der Waals surface area contributed by atoms with E-state index in [9.17, 15) is 14.0 Å². The Morgan fingerprint density at radius 3 is 2.39 bits per heavy atom. The second-order valence-electron chi connectivity index (χ2n) is 6.07. The quantitative estimate of drug-likeness (QED) is 0.907. The fraction of sp³-hybridized carbons (Fsp3) is 0.556. The van der Waals surface area contributed by atoms with E-state index >= 15 is 0 Å². The van der Waals surface area contributed by atoms with Crippen LogP contribution in [0.4, 0.5) is 4.39 Å². The molecule has 0 bridgehead atoms. The van der Waals surface area contributed by atoms with Crippen molar-refractivity contribution in [1.29, 1.82) is 0 Å². The third kappa shape index (κ3) is 4.30. The van der Waals surface area contributed by atoms with E-state index in [1.165, 1.54) is 12.1 Å². The summed E-state index contributed by atoms with van der Waals surface area (Å²) in [7, 11) is 0. The first-order valence-corrected chi connectivity index (χ1v) is 8.41. The molecule has 1 fully saturated rings. The van der Waals surface area contributed by atoms with Crippen molar-refractivity contribution in [1.82, 2.24) is 10.2 Å². The molecule has 0 radical (unpaired) electrons. The maximum absolute atomic E-state index is 13.6. The van der Waals surface area contributed by atoms with Crippen LogP contribution in [0.2, 0.25) is 0 Å². The SMILES string of the molecule is CCC(CC)C(=O)N1CCC(NC(=O)c2ccccc2F)CC1. The van der Waals surface area contributed by atoms with Crippen LogP contribution in [0.15, 0.2) is 24.3 Å². The van der Waals surface area contributed by atoms with Crippen molar-refractivity contribution in [2.45, 2.75) is 45.6 Å². The average molecular weight is 320 g/mol. The van der Waals surface area contributed by atoms with Gasteiger partial charge in [0.25, 0.3) is 5.91 Å². The molecule has 1 N–H and O–H groups in total. The summed E-state index contributed by atoms with van der Waals surface area (Å²) in [5, 5.41) is 2.88. The average Bonchev–Trinajstić information content (AvgIpc) is 2.57. The minimum atomic E-state index is -0.508. The highest BCUT2D eigenvalue weighted by molar-refractivity contribution is 5.94. The Kier molecular flexibility index (Phi) is 6.13. The molecule has 5 heteroatoms. The number of hydrogen-bond donors (Lipinski definition) is 1. The van der Waals surface area contributed by atoms with Crippen molar-refractivity contribution in [2.24, 2.45) is 5.92 Å². The molecule has 1 saturated heterocycles. The summed E-state index contributed by atoms with van der Waals surface area (Å²) in [5.74, 6) is -0.576. The number of likely N-dealkylation sites (tertiary alicyclic amines) is 1. The largest absolute Gasteiger partial charge is 0.349 e. The van der Waals surface area contributed by atoms with Gasteiger partial charge in [-0.3, -0.25) is 9.59 Å². The Labute approximate surface area is 137 Å². The molecule has 1 aliphatic rings. The van der Waals surface area contributed by atoms with E-state index in [4.69, 9.17) is 0 Å². The Hall–Kier alpha value is -1.91. The van der Waals surface area contributed by atoms with E-state index in [1.54, 1.807) is 12.1 Å². The maximum atomic E-state index is 13.6. The number of nitrogens with one attached hydrogen (secondary N) is 1. The molecule has 4 nitrogen and oxygen atoms in total. The van der Waals surface area contributed by atoms with Crippen LogP contribution in [0.5, 0.6) is 0 Å². The lowest BCUT2D eigenvalue weighted by Gasteiger charge is -2.34. The minimum absolute atomic E-state index is 0.00661. The topological polar surface area (TPSA) is 49.4 Å². The second-order valence-corrected chi connectivity index (χ2v) is 6.07. The molecule has 0 saturated carbocycles. The number of amides is 2. The van der Waals surface area contributed by atoms with Crippen molar-refractivity contribution in [3.05, 3.63) is 35.6 Å². The molecule has 0 atom stereocenters. The lowest BCUT2D eigenvalue weighted by molar-refractivity contribution is -0.136. The summed E-state index contributed by atoms with van der Waals surface area (Å²) in [4.78, 5) is 26.4. The summed E-state index contributed by atoms with van der Waals surface area (Å²) >= 11 is 0. The van der Waals surface area contributed by atoms with Crippen LogP contribution in [-0.2, 0) is 4.79 Å². The van der Waals surface area contributed by atoms with Gasteiger partial charge in [0.15, 0.2) is 0 Å². The number of halogens is 1. The summed E-state index contributed by atoms with van der Waals surface area (Å²) in [6.45, 7) is 5.37. The highest BCUT2D eigenvalue weighted by Crippen LogP contribution is 2.18. The van der Waals surface area contributed by atoms with Gasteiger partial charge in [-0.15, -0.1) is 0 Å². The van der Waals surface area contributed by atoms with E-state index in [-0.39, 0.29) is 29.3 Å². The van der Waals surface area contributed by atoms with E-state index in [0.29, 0.717) is 25.9 Å². The molecule has 0 aliphatic carbocycles. The lowest BCUT2D eigenvalue weighted by Crippen LogP contribution is -2.48. The number of carbonyl (C=O) groups is 2. The third-order valence-electron chi connectivity index (χ3n) is 4.60. The monoisotopic (exact) mass is 320 g/mol. The number of nitrogens with zero attached hydrogens (tertiary/aromatic N) is 1. The van der Waals surface area contributed by atoms with E-state index in [2.05, 4.69) is 5.32 Å². The van der Waals surface area contributed by atoms with E-state index in [1.807, 2.05) is 18.7 Å². The van der Waals surface area contributed by atoms with Gasteiger partial charge in [-0.25, -0.2) is 4.39 Å². The van der Waals surface area contributed by atoms with Crippen molar-refractivity contribution in [3.8, 4) is 0 Å². The van der Waals surface area contributed by atoms with Crippen LogP contribution in [0.25, 0.3) is 0 Å². The number of rotatable bonds is 5. The Bertz CT molecular complexity index is 550. The molecule has 2 amide bonds. The van der Waals surface area contributed by atoms with Gasteiger partial charge < -0.3 is 10.2 Å². The molecule has 1 aromatic rings. The fourth-order valence-electron chi connectivity index (χ4n) is 3.05. The normalized spacial score (nSPS) is 15.7. The number of piperidine rings is 1. The predicted molar refractivity (Wildman–Crippen MR) is 87.5 cm³/mol. The molecule has 1 aliphatic heterocycles. The first-order chi connectivity index (χ1) is 11.1. The molecule has 1 heterocycles. The van der Waals surface area contributed by atoms with Crippen LogP contribution >= 0.6 is 0 Å². The van der Waals surface area contributed by atoms with Crippen LogP contribution in [-0.4, -0.2) is 35.8 Å². The van der Waals surface area contributed by atoms with E-state index < -0.39 is 5.82 Å². The Balaban J connectivity index is 1.86. The van der Waals surface area contributed by atoms with Gasteiger partial charge in [0, 0.05) is 25.0 Å². The summed E-state index contributed by atoms with van der Waals surface area (Å²) in [6, 6.07) is 5.97. The number of carbonyl (C=O) groups excluding carboxylic acids is 2. The first kappa shape index (κ1) is 17.4. The Morgan fingerprint density at radius 2 is 1.83 bits per heavy atom. The molecule has 2 rings (SSSR count). The van der Waals surface area contributed by atoms with Crippen molar-refractivity contribution < 1.29 is 14.0 Å². The number of benzene rings is 1. The number of hydrogen-bond acceptors (Lipinski definition) is 2. The molecular formula is C18H25FN2O2. The molecule has 0 spiro atoms. The first-order valence-electron chi connectivity index (χ1n) is 8.41. The van der Waals surface area contributed by atoms with Gasteiger partial charge in [-0.05, 0) is 37.8 Å². The van der Waals surface area contributed by atoms with Crippen molar-refractivity contribution >= 4 is 11.8 Å². The summed E-state index contributed by atoms with van der Waals surface area (Å²) in [5.41, 5.74) is 0.0723. The minimum Gasteiger partial charge on any atom is -0.349 e. The van der Waals surface area contributed by atoms with Crippen LogP contribution in [0.3, 0.4) is 0 Å². The molecule has 126 valence electrons. The molecule has 0 unspecified atom stereocenters. The highest BCUT2D eigenvalue weighted by atomic mass is 19.1. The van der Waals surface area contributed by atoms with Gasteiger partial charge >= 0.3 is 0 Å². The van der Waals surface area contributed by atoms with Crippen LogP contribution in [0, 0.1) is 11.7 Å². The summed E-state index contributed by atoms with van der Waals surface area (Å²) in [6.07, 6.45) is 3.15. The fourth-order valence-corrected chi connectivity index (χ4v) is 3.05. The van der Waals surface area contributed by atoms with Crippen LogP contribution in [0.1, 0.15) is 49.9 Å². The summed E-state index contributed by atoms with van der Waals surface area (Å²) < 4.78 is 13.6. The van der Waals surface area contributed by atoms with Gasteiger partial charge in [-0.2, -0.15) is 0 Å². The zero-order valence-corrected chi connectivity index (χ0v) is 13.8. The van der Waals surface area contributed by atoms with Gasteiger partial charge in [0.2, 0.25) is 5.91 Å². The van der Waals surface area contributed by atoms with E-state index in [0.717, 1.165) is 12.8 Å². The van der Waals surface area contributed by atoms with Gasteiger partial charge in [0.1, 0.15) is 5.82 Å². The van der Waals surface area contributed by atoms with Gasteiger partial charge in [-0.1, -0.05) is 26.0 Å². The smallest absolute Gasteiger partial charge is 0.254 e. The zero-order chi connectivity index (χ0) is 16.8. The predicted octanol–water partition coefficient (Wildman–Crippen LogP) is 2.98. The van der Waals surface area contributed by atoms with Crippen LogP contribution < -0.4 is 5.32 Å². The molecule has 1 aromatic carbocycles. The maximum Gasteiger partial charge on any atom is 0.254 e. The Morgan fingerprint density at radius 1 is 1.22 bits per heavy atom. The lowest BCUT2D eigenvalue weighted by atomic mass is 9.98. The molecular weight excluding hydrogens is 295 g/mol.